The Morgan fingerprint density at radius 1 is 1.20 bits per heavy atom. The Morgan fingerprint density at radius 3 is 2.45 bits per heavy atom. The average Bonchev–Trinajstić information content (AvgIpc) is 2.64. The summed E-state index contributed by atoms with van der Waals surface area (Å²) < 4.78 is 12.9. The van der Waals surface area contributed by atoms with E-state index < -0.39 is 0 Å². The topological polar surface area (TPSA) is 44.5 Å². The summed E-state index contributed by atoms with van der Waals surface area (Å²) in [6.07, 6.45) is 1.90. The zero-order valence-electron chi connectivity index (χ0n) is 12.5. The lowest BCUT2D eigenvalue weighted by molar-refractivity contribution is 0.295. The van der Waals surface area contributed by atoms with Crippen molar-refractivity contribution in [3.63, 3.8) is 0 Å². The summed E-state index contributed by atoms with van der Waals surface area (Å²) in [6, 6.07) is 2.18. The highest BCUT2D eigenvalue weighted by Gasteiger charge is 2.25. The van der Waals surface area contributed by atoms with Crippen LogP contribution < -0.4 is 15.2 Å². The molecule has 0 saturated carbocycles. The van der Waals surface area contributed by atoms with Crippen LogP contribution in [0.3, 0.4) is 0 Å². The predicted molar refractivity (Wildman–Crippen MR) is 85.9 cm³/mol. The molecule has 0 bridgehead atoms. The number of halogens is 1. The minimum atomic E-state index is 0.397. The first-order valence-electron chi connectivity index (χ1n) is 7.38. The molecule has 1 atom stereocenters. The van der Waals surface area contributed by atoms with E-state index in [9.17, 15) is 0 Å². The third-order valence-electron chi connectivity index (χ3n) is 3.75. The van der Waals surface area contributed by atoms with Crippen molar-refractivity contribution in [3.8, 4) is 11.5 Å². The number of hydrogen-bond donors (Lipinski definition) is 1. The van der Waals surface area contributed by atoms with Crippen LogP contribution in [0.2, 0.25) is 0 Å². The number of hydrogen-bond acceptors (Lipinski definition) is 3. The van der Waals surface area contributed by atoms with Gasteiger partial charge in [-0.1, -0.05) is 20.8 Å². The fourth-order valence-corrected chi connectivity index (χ4v) is 3.28. The smallest absolute Gasteiger partial charge is 0.175 e. The van der Waals surface area contributed by atoms with Crippen LogP contribution in [0.1, 0.15) is 56.6 Å². The Balaban J connectivity index is 2.57. The highest BCUT2D eigenvalue weighted by atomic mass is 79.9. The minimum absolute atomic E-state index is 0.397. The molecule has 3 nitrogen and oxygen atoms in total. The number of ether oxygens (including phenoxy) is 2. The second-order valence-electron chi connectivity index (χ2n) is 5.70. The first-order valence-corrected chi connectivity index (χ1v) is 8.17. The summed E-state index contributed by atoms with van der Waals surface area (Å²) in [5, 5.41) is 0. The lowest BCUT2D eigenvalue weighted by atomic mass is 9.87. The lowest BCUT2D eigenvalue weighted by Crippen LogP contribution is -2.10. The summed E-state index contributed by atoms with van der Waals surface area (Å²) in [6.45, 7) is 8.76. The monoisotopic (exact) mass is 341 g/mol. The largest absolute Gasteiger partial charge is 0.489 e. The molecule has 1 aliphatic rings. The minimum Gasteiger partial charge on any atom is -0.489 e. The molecule has 0 aliphatic carbocycles. The van der Waals surface area contributed by atoms with Crippen molar-refractivity contribution in [2.75, 3.05) is 19.8 Å². The van der Waals surface area contributed by atoms with Crippen molar-refractivity contribution < 1.29 is 9.47 Å². The van der Waals surface area contributed by atoms with E-state index in [-0.39, 0.29) is 0 Å². The van der Waals surface area contributed by atoms with Crippen molar-refractivity contribution in [3.05, 3.63) is 21.7 Å². The number of nitrogens with two attached hydrogens (primary N) is 1. The van der Waals surface area contributed by atoms with Gasteiger partial charge < -0.3 is 15.2 Å². The van der Waals surface area contributed by atoms with Crippen LogP contribution in [-0.2, 0) is 0 Å². The van der Waals surface area contributed by atoms with Gasteiger partial charge in [0.25, 0.3) is 0 Å². The molecule has 1 heterocycles. The molecule has 0 amide bonds. The lowest BCUT2D eigenvalue weighted by Gasteiger charge is -2.24. The summed E-state index contributed by atoms with van der Waals surface area (Å²) in [7, 11) is 0. The van der Waals surface area contributed by atoms with Gasteiger partial charge >= 0.3 is 0 Å². The van der Waals surface area contributed by atoms with Crippen molar-refractivity contribution in [2.45, 2.75) is 45.4 Å². The Bertz CT molecular complexity index is 474. The Morgan fingerprint density at radius 2 is 1.85 bits per heavy atom. The van der Waals surface area contributed by atoms with Crippen molar-refractivity contribution in [1.82, 2.24) is 0 Å². The normalized spacial score (nSPS) is 16.1. The zero-order chi connectivity index (χ0) is 14.7. The average molecular weight is 342 g/mol. The molecule has 2 N–H and O–H groups in total. The van der Waals surface area contributed by atoms with Gasteiger partial charge in [-0.15, -0.1) is 0 Å². The van der Waals surface area contributed by atoms with E-state index in [0.29, 0.717) is 31.6 Å². The maximum atomic E-state index is 6.00. The van der Waals surface area contributed by atoms with Crippen LogP contribution >= 0.6 is 15.9 Å². The van der Waals surface area contributed by atoms with Gasteiger partial charge in [0.2, 0.25) is 0 Å². The van der Waals surface area contributed by atoms with Gasteiger partial charge in [0.05, 0.1) is 17.7 Å². The second-order valence-corrected chi connectivity index (χ2v) is 6.56. The quantitative estimate of drug-likeness (QED) is 0.892. The molecule has 2 rings (SSSR count). The van der Waals surface area contributed by atoms with Crippen molar-refractivity contribution in [2.24, 2.45) is 5.73 Å². The van der Waals surface area contributed by atoms with E-state index in [2.05, 4.69) is 42.8 Å². The fraction of sp³-hybridized carbons (Fsp3) is 0.625. The summed E-state index contributed by atoms with van der Waals surface area (Å²) >= 11 is 3.63. The third-order valence-corrected chi connectivity index (χ3v) is 4.34. The van der Waals surface area contributed by atoms with E-state index in [0.717, 1.165) is 28.8 Å². The van der Waals surface area contributed by atoms with Crippen molar-refractivity contribution >= 4 is 15.9 Å². The van der Waals surface area contributed by atoms with Crippen LogP contribution in [0.4, 0.5) is 0 Å². The molecule has 112 valence electrons. The van der Waals surface area contributed by atoms with E-state index >= 15 is 0 Å². The van der Waals surface area contributed by atoms with Crippen LogP contribution in [0.5, 0.6) is 11.5 Å². The molecule has 0 radical (unpaired) electrons. The summed E-state index contributed by atoms with van der Waals surface area (Å²) in [5.41, 5.74) is 8.32. The maximum absolute atomic E-state index is 6.00. The van der Waals surface area contributed by atoms with Gasteiger partial charge in [-0.3, -0.25) is 0 Å². The van der Waals surface area contributed by atoms with E-state index in [4.69, 9.17) is 15.2 Å². The van der Waals surface area contributed by atoms with Crippen LogP contribution in [0.25, 0.3) is 0 Å². The van der Waals surface area contributed by atoms with E-state index in [1.165, 1.54) is 11.1 Å². The standard InChI is InChI=1S/C16H24BrNO2/c1-10(2)14-12(11(3)5-6-18)9-13(17)15-16(14)20-8-4-7-19-15/h9-11H,4-8,18H2,1-3H3. The van der Waals surface area contributed by atoms with Gasteiger partial charge in [0.15, 0.2) is 11.5 Å². The van der Waals surface area contributed by atoms with Gasteiger partial charge in [-0.2, -0.15) is 0 Å². The molecule has 1 aromatic carbocycles. The zero-order valence-corrected chi connectivity index (χ0v) is 14.1. The summed E-state index contributed by atoms with van der Waals surface area (Å²) in [5.74, 6) is 2.60. The second kappa shape index (κ2) is 6.81. The van der Waals surface area contributed by atoms with Crippen molar-refractivity contribution in [1.29, 1.82) is 0 Å². The number of fused-ring (bicyclic) bond motifs is 1. The Kier molecular flexibility index (Phi) is 5.33. The molecule has 4 heteroatoms. The number of rotatable bonds is 4. The Hall–Kier alpha value is -0.740. The Labute approximate surface area is 130 Å². The molecule has 1 aromatic rings. The SMILES string of the molecule is CC(C)c1c(C(C)CCN)cc(Br)c2c1OCCCO2. The van der Waals surface area contributed by atoms with Gasteiger partial charge in [0.1, 0.15) is 0 Å². The van der Waals surface area contributed by atoms with E-state index in [1.807, 2.05) is 0 Å². The predicted octanol–water partition coefficient (Wildman–Crippen LogP) is 4.19. The third kappa shape index (κ3) is 3.12. The molecule has 0 aromatic heterocycles. The molecule has 20 heavy (non-hydrogen) atoms. The van der Waals surface area contributed by atoms with E-state index in [1.54, 1.807) is 0 Å². The molecule has 1 aliphatic heterocycles. The molecular formula is C16H24BrNO2. The number of benzene rings is 1. The molecular weight excluding hydrogens is 318 g/mol. The van der Waals surface area contributed by atoms with Crippen LogP contribution in [0.15, 0.2) is 10.5 Å². The van der Waals surface area contributed by atoms with Crippen LogP contribution in [-0.4, -0.2) is 19.8 Å². The maximum Gasteiger partial charge on any atom is 0.175 e. The molecule has 0 saturated heterocycles. The molecule has 0 fully saturated rings. The van der Waals surface area contributed by atoms with Crippen LogP contribution in [0, 0.1) is 0 Å². The van der Waals surface area contributed by atoms with Gasteiger partial charge in [-0.25, -0.2) is 0 Å². The first-order chi connectivity index (χ1) is 9.56. The fourth-order valence-electron chi connectivity index (χ4n) is 2.74. The van der Waals surface area contributed by atoms with Gasteiger partial charge in [0, 0.05) is 12.0 Å². The van der Waals surface area contributed by atoms with Gasteiger partial charge in [-0.05, 0) is 52.4 Å². The first kappa shape index (κ1) is 15.6. The summed E-state index contributed by atoms with van der Waals surface area (Å²) in [4.78, 5) is 0. The highest BCUT2D eigenvalue weighted by molar-refractivity contribution is 9.10. The molecule has 1 unspecified atom stereocenters. The molecule has 0 spiro atoms. The highest BCUT2D eigenvalue weighted by Crippen LogP contribution is 2.46.